The van der Waals surface area contributed by atoms with Crippen molar-refractivity contribution in [1.29, 1.82) is 0 Å². The number of hydrogen-bond donors (Lipinski definition) is 3. The summed E-state index contributed by atoms with van der Waals surface area (Å²) in [7, 11) is 0. The molecule has 0 saturated carbocycles. The number of rotatable bonds is 4. The van der Waals surface area contributed by atoms with Crippen LogP contribution in [-0.2, 0) is 4.79 Å². The summed E-state index contributed by atoms with van der Waals surface area (Å²) in [6.07, 6.45) is 0. The number of benzene rings is 1. The second-order valence-electron chi connectivity index (χ2n) is 3.47. The van der Waals surface area contributed by atoms with Gasteiger partial charge in [0.05, 0.1) is 5.56 Å². The molecule has 0 aliphatic rings. The van der Waals surface area contributed by atoms with Crippen molar-refractivity contribution in [1.82, 2.24) is 10.6 Å². The number of anilines is 1. The average molecular weight is 300 g/mol. The van der Waals surface area contributed by atoms with Gasteiger partial charge in [-0.15, -0.1) is 0 Å². The van der Waals surface area contributed by atoms with E-state index in [2.05, 4.69) is 26.6 Å². The minimum atomic E-state index is -0.255. The summed E-state index contributed by atoms with van der Waals surface area (Å²) in [5.41, 5.74) is 6.53. The van der Waals surface area contributed by atoms with Crippen molar-refractivity contribution in [2.45, 2.75) is 6.92 Å². The fraction of sp³-hybridized carbons (Fsp3) is 0.273. The average Bonchev–Trinajstić information content (AvgIpc) is 2.27. The minimum Gasteiger partial charge on any atom is -0.398 e. The van der Waals surface area contributed by atoms with Crippen LogP contribution in [0.4, 0.5) is 5.69 Å². The Kier molecular flexibility index (Phi) is 4.96. The Morgan fingerprint density at radius 3 is 2.59 bits per heavy atom. The Morgan fingerprint density at radius 1 is 1.29 bits per heavy atom. The number of nitrogen functional groups attached to an aromatic ring is 1. The molecule has 5 nitrogen and oxygen atoms in total. The minimum absolute atomic E-state index is 0.124. The van der Waals surface area contributed by atoms with Crippen molar-refractivity contribution < 1.29 is 9.59 Å². The highest BCUT2D eigenvalue weighted by Gasteiger charge is 2.09. The SMILES string of the molecule is CC(=O)NCCNC(=O)c1cc(Br)ccc1N. The molecule has 4 N–H and O–H groups in total. The number of nitrogens with two attached hydrogens (primary N) is 1. The van der Waals surface area contributed by atoms with Crippen LogP contribution in [0.3, 0.4) is 0 Å². The lowest BCUT2D eigenvalue weighted by Crippen LogP contribution is -2.33. The number of carbonyl (C=O) groups excluding carboxylic acids is 2. The molecule has 0 aromatic heterocycles. The maximum atomic E-state index is 11.7. The third kappa shape index (κ3) is 4.44. The quantitative estimate of drug-likeness (QED) is 0.570. The first-order chi connectivity index (χ1) is 8.00. The van der Waals surface area contributed by atoms with Gasteiger partial charge in [-0.2, -0.15) is 0 Å². The van der Waals surface area contributed by atoms with Gasteiger partial charge in [-0.1, -0.05) is 15.9 Å². The lowest BCUT2D eigenvalue weighted by atomic mass is 10.1. The van der Waals surface area contributed by atoms with Crippen molar-refractivity contribution >= 4 is 33.4 Å². The van der Waals surface area contributed by atoms with Crippen molar-refractivity contribution in [3.05, 3.63) is 28.2 Å². The number of hydrogen-bond acceptors (Lipinski definition) is 3. The molecule has 0 bridgehead atoms. The van der Waals surface area contributed by atoms with Gasteiger partial charge in [0.25, 0.3) is 5.91 Å². The Morgan fingerprint density at radius 2 is 1.94 bits per heavy atom. The zero-order valence-electron chi connectivity index (χ0n) is 9.42. The number of halogens is 1. The molecule has 0 heterocycles. The lowest BCUT2D eigenvalue weighted by Gasteiger charge is -2.08. The molecule has 0 unspecified atom stereocenters. The fourth-order valence-electron chi connectivity index (χ4n) is 1.23. The first kappa shape index (κ1) is 13.5. The van der Waals surface area contributed by atoms with Crippen LogP contribution in [0.25, 0.3) is 0 Å². The summed E-state index contributed by atoms with van der Waals surface area (Å²) in [4.78, 5) is 22.3. The molecule has 92 valence electrons. The smallest absolute Gasteiger partial charge is 0.253 e. The molecular weight excluding hydrogens is 286 g/mol. The van der Waals surface area contributed by atoms with E-state index in [4.69, 9.17) is 5.73 Å². The zero-order valence-corrected chi connectivity index (χ0v) is 11.0. The van der Waals surface area contributed by atoms with Gasteiger partial charge >= 0.3 is 0 Å². The van der Waals surface area contributed by atoms with Crippen LogP contribution in [0.1, 0.15) is 17.3 Å². The molecule has 0 atom stereocenters. The van der Waals surface area contributed by atoms with Gasteiger partial charge in [0.2, 0.25) is 5.91 Å². The van der Waals surface area contributed by atoms with Gasteiger partial charge < -0.3 is 16.4 Å². The van der Waals surface area contributed by atoms with E-state index < -0.39 is 0 Å². The van der Waals surface area contributed by atoms with Gasteiger partial charge in [-0.3, -0.25) is 9.59 Å². The Hall–Kier alpha value is -1.56. The molecule has 0 aliphatic carbocycles. The zero-order chi connectivity index (χ0) is 12.8. The van der Waals surface area contributed by atoms with Crippen LogP contribution < -0.4 is 16.4 Å². The van der Waals surface area contributed by atoms with Crippen molar-refractivity contribution in [2.24, 2.45) is 0 Å². The molecule has 1 rings (SSSR count). The van der Waals surface area contributed by atoms with E-state index in [1.165, 1.54) is 6.92 Å². The summed E-state index contributed by atoms with van der Waals surface area (Å²) in [5.74, 6) is -0.379. The second kappa shape index (κ2) is 6.24. The topological polar surface area (TPSA) is 84.2 Å². The molecule has 6 heteroatoms. The molecule has 0 radical (unpaired) electrons. The van der Waals surface area contributed by atoms with E-state index in [1.807, 2.05) is 0 Å². The molecule has 2 amide bonds. The van der Waals surface area contributed by atoms with Gasteiger partial charge in [-0.05, 0) is 18.2 Å². The lowest BCUT2D eigenvalue weighted by molar-refractivity contribution is -0.118. The maximum absolute atomic E-state index is 11.7. The standard InChI is InChI=1S/C11H14BrN3O2/c1-7(16)14-4-5-15-11(17)9-6-8(12)2-3-10(9)13/h2-3,6H,4-5,13H2,1H3,(H,14,16)(H,15,17). The summed E-state index contributed by atoms with van der Waals surface area (Å²) in [5, 5.41) is 5.25. The Bertz CT molecular complexity index is 435. The summed E-state index contributed by atoms with van der Waals surface area (Å²) in [6, 6.07) is 5.08. The summed E-state index contributed by atoms with van der Waals surface area (Å²) >= 11 is 3.27. The summed E-state index contributed by atoms with van der Waals surface area (Å²) in [6.45, 7) is 2.19. The normalized spacial score (nSPS) is 9.76. The molecule has 0 saturated heterocycles. The molecular formula is C11H14BrN3O2. The molecule has 0 spiro atoms. The molecule has 0 fully saturated rings. The Labute approximate surface area is 108 Å². The number of amides is 2. The largest absolute Gasteiger partial charge is 0.398 e. The van der Waals surface area contributed by atoms with E-state index in [-0.39, 0.29) is 11.8 Å². The van der Waals surface area contributed by atoms with Crippen LogP contribution in [0.2, 0.25) is 0 Å². The molecule has 0 aliphatic heterocycles. The maximum Gasteiger partial charge on any atom is 0.253 e. The van der Waals surface area contributed by atoms with Gasteiger partial charge in [0, 0.05) is 30.2 Å². The monoisotopic (exact) mass is 299 g/mol. The number of carbonyl (C=O) groups is 2. The fourth-order valence-corrected chi connectivity index (χ4v) is 1.60. The predicted molar refractivity (Wildman–Crippen MR) is 69.6 cm³/mol. The van der Waals surface area contributed by atoms with E-state index in [0.717, 1.165) is 4.47 Å². The predicted octanol–water partition coefficient (Wildman–Crippen LogP) is 0.897. The van der Waals surface area contributed by atoms with Crippen molar-refractivity contribution in [3.63, 3.8) is 0 Å². The molecule has 1 aromatic carbocycles. The molecule has 17 heavy (non-hydrogen) atoms. The first-order valence-electron chi connectivity index (χ1n) is 5.08. The van der Waals surface area contributed by atoms with Crippen LogP contribution in [0.5, 0.6) is 0 Å². The third-order valence-electron chi connectivity index (χ3n) is 2.04. The van der Waals surface area contributed by atoms with Crippen LogP contribution >= 0.6 is 15.9 Å². The van der Waals surface area contributed by atoms with E-state index >= 15 is 0 Å². The Balaban J connectivity index is 2.52. The highest BCUT2D eigenvalue weighted by Crippen LogP contribution is 2.18. The summed E-state index contributed by atoms with van der Waals surface area (Å²) < 4.78 is 0.790. The molecule has 1 aromatic rings. The van der Waals surface area contributed by atoms with Crippen molar-refractivity contribution in [2.75, 3.05) is 18.8 Å². The van der Waals surface area contributed by atoms with Gasteiger partial charge in [0.1, 0.15) is 0 Å². The first-order valence-corrected chi connectivity index (χ1v) is 5.87. The van der Waals surface area contributed by atoms with E-state index in [0.29, 0.717) is 24.3 Å². The van der Waals surface area contributed by atoms with Crippen LogP contribution in [-0.4, -0.2) is 24.9 Å². The van der Waals surface area contributed by atoms with E-state index in [9.17, 15) is 9.59 Å². The highest BCUT2D eigenvalue weighted by molar-refractivity contribution is 9.10. The van der Waals surface area contributed by atoms with Crippen LogP contribution in [0.15, 0.2) is 22.7 Å². The van der Waals surface area contributed by atoms with Gasteiger partial charge in [-0.25, -0.2) is 0 Å². The third-order valence-corrected chi connectivity index (χ3v) is 2.54. The highest BCUT2D eigenvalue weighted by atomic mass is 79.9. The van der Waals surface area contributed by atoms with Gasteiger partial charge in [0.15, 0.2) is 0 Å². The second-order valence-corrected chi connectivity index (χ2v) is 4.39. The van der Waals surface area contributed by atoms with Crippen LogP contribution in [0, 0.1) is 0 Å². The van der Waals surface area contributed by atoms with E-state index in [1.54, 1.807) is 18.2 Å². The number of nitrogens with one attached hydrogen (secondary N) is 2. The van der Waals surface area contributed by atoms with Crippen molar-refractivity contribution in [3.8, 4) is 0 Å².